The van der Waals surface area contributed by atoms with E-state index >= 15 is 0 Å². The lowest BCUT2D eigenvalue weighted by Gasteiger charge is -2.19. The fourth-order valence-electron chi connectivity index (χ4n) is 2.39. The summed E-state index contributed by atoms with van der Waals surface area (Å²) < 4.78 is 29.5. The molecule has 0 spiro atoms. The average Bonchev–Trinajstić information content (AvgIpc) is 3.22. The molecular formula is C17H20N3O4S2+. The lowest BCUT2D eigenvalue weighted by Crippen LogP contribution is -3.06. The maximum Gasteiger partial charge on any atom is 0.295 e. The minimum atomic E-state index is -3.30. The number of nitrogens with one attached hydrogen (secondary N) is 1. The van der Waals surface area contributed by atoms with Gasteiger partial charge in [0.1, 0.15) is 0 Å². The van der Waals surface area contributed by atoms with Crippen molar-refractivity contribution in [2.75, 3.05) is 38.3 Å². The Morgan fingerprint density at radius 2 is 2.08 bits per heavy atom. The highest BCUT2D eigenvalue weighted by molar-refractivity contribution is 7.90. The second-order valence-corrected chi connectivity index (χ2v) is 9.31. The predicted molar refractivity (Wildman–Crippen MR) is 101 cm³/mol. The molecule has 0 fully saturated rings. The van der Waals surface area contributed by atoms with Crippen molar-refractivity contribution in [3.05, 3.63) is 42.4 Å². The molecule has 3 aromatic rings. The van der Waals surface area contributed by atoms with Crippen molar-refractivity contribution in [1.29, 1.82) is 0 Å². The molecule has 2 heterocycles. The SMILES string of the molecule is C[NH+](C)CCN(C(=O)c1ccco1)c1nc2ccc(S(C)(=O)=O)cc2s1. The summed E-state index contributed by atoms with van der Waals surface area (Å²) >= 11 is 1.29. The van der Waals surface area contributed by atoms with Crippen LogP contribution < -0.4 is 9.80 Å². The summed E-state index contributed by atoms with van der Waals surface area (Å²) in [6.45, 7) is 1.21. The van der Waals surface area contributed by atoms with Gasteiger partial charge in [0.25, 0.3) is 5.91 Å². The van der Waals surface area contributed by atoms with Crippen LogP contribution in [0, 0.1) is 0 Å². The number of carbonyl (C=O) groups is 1. The van der Waals surface area contributed by atoms with Crippen LogP contribution >= 0.6 is 11.3 Å². The molecule has 7 nitrogen and oxygen atoms in total. The lowest BCUT2D eigenvalue weighted by atomic mass is 10.3. The molecule has 1 N–H and O–H groups in total. The number of sulfone groups is 1. The van der Waals surface area contributed by atoms with Gasteiger partial charge in [0.05, 0.1) is 48.6 Å². The Kier molecular flexibility index (Phi) is 5.12. The first-order valence-electron chi connectivity index (χ1n) is 8.01. The topological polar surface area (TPSA) is 84.9 Å². The quantitative estimate of drug-likeness (QED) is 0.676. The van der Waals surface area contributed by atoms with Crippen LogP contribution in [0.2, 0.25) is 0 Å². The van der Waals surface area contributed by atoms with Gasteiger partial charge in [0, 0.05) is 6.26 Å². The third-order valence-corrected chi connectivity index (χ3v) is 5.97. The first-order valence-corrected chi connectivity index (χ1v) is 10.7. The number of nitrogens with zero attached hydrogens (tertiary/aromatic N) is 2. The van der Waals surface area contributed by atoms with Crippen molar-refractivity contribution in [2.24, 2.45) is 0 Å². The molecule has 0 bridgehead atoms. The van der Waals surface area contributed by atoms with Gasteiger partial charge in [-0.2, -0.15) is 0 Å². The molecule has 0 aliphatic rings. The van der Waals surface area contributed by atoms with Gasteiger partial charge in [-0.3, -0.25) is 9.69 Å². The largest absolute Gasteiger partial charge is 0.459 e. The monoisotopic (exact) mass is 394 g/mol. The Hall–Kier alpha value is -2.23. The highest BCUT2D eigenvalue weighted by atomic mass is 32.2. The van der Waals surface area contributed by atoms with Crippen LogP contribution in [0.3, 0.4) is 0 Å². The number of carbonyl (C=O) groups excluding carboxylic acids is 1. The summed E-state index contributed by atoms with van der Waals surface area (Å²) in [6, 6.07) is 8.08. The van der Waals surface area contributed by atoms with Crippen molar-refractivity contribution in [1.82, 2.24) is 4.98 Å². The van der Waals surface area contributed by atoms with Gasteiger partial charge in [-0.1, -0.05) is 11.3 Å². The second-order valence-electron chi connectivity index (χ2n) is 6.29. The Morgan fingerprint density at radius 3 is 2.69 bits per heavy atom. The van der Waals surface area contributed by atoms with Crippen LogP contribution in [0.5, 0.6) is 0 Å². The minimum Gasteiger partial charge on any atom is -0.459 e. The molecule has 26 heavy (non-hydrogen) atoms. The third-order valence-electron chi connectivity index (χ3n) is 3.82. The molecule has 3 rings (SSSR count). The first kappa shape index (κ1) is 18.6. The summed E-state index contributed by atoms with van der Waals surface area (Å²) in [6.07, 6.45) is 2.63. The third kappa shape index (κ3) is 3.95. The summed E-state index contributed by atoms with van der Waals surface area (Å²) in [7, 11) is 0.714. The van der Waals surface area contributed by atoms with E-state index in [9.17, 15) is 13.2 Å². The fourth-order valence-corrected chi connectivity index (χ4v) is 4.14. The van der Waals surface area contributed by atoms with E-state index in [1.165, 1.54) is 34.8 Å². The van der Waals surface area contributed by atoms with E-state index in [2.05, 4.69) is 4.98 Å². The molecule has 0 atom stereocenters. The number of fused-ring (bicyclic) bond motifs is 1. The van der Waals surface area contributed by atoms with Crippen molar-refractivity contribution in [3.8, 4) is 0 Å². The van der Waals surface area contributed by atoms with Crippen LogP contribution in [-0.4, -0.2) is 52.7 Å². The van der Waals surface area contributed by atoms with Crippen LogP contribution in [0.15, 0.2) is 45.9 Å². The number of furan rings is 1. The molecule has 0 unspecified atom stereocenters. The predicted octanol–water partition coefficient (Wildman–Crippen LogP) is 1.08. The maximum absolute atomic E-state index is 12.8. The molecule has 0 saturated heterocycles. The Bertz CT molecular complexity index is 1020. The number of amides is 1. The van der Waals surface area contributed by atoms with Crippen LogP contribution in [0.25, 0.3) is 10.2 Å². The summed E-state index contributed by atoms with van der Waals surface area (Å²) in [4.78, 5) is 20.4. The average molecular weight is 394 g/mol. The molecule has 0 aliphatic carbocycles. The van der Waals surface area contributed by atoms with Gasteiger partial charge in [0.15, 0.2) is 20.7 Å². The highest BCUT2D eigenvalue weighted by Crippen LogP contribution is 2.31. The molecular weight excluding hydrogens is 374 g/mol. The molecule has 9 heteroatoms. The van der Waals surface area contributed by atoms with Crippen molar-refractivity contribution >= 4 is 42.4 Å². The number of rotatable bonds is 6. The van der Waals surface area contributed by atoms with E-state index in [1.54, 1.807) is 29.2 Å². The molecule has 0 saturated carbocycles. The smallest absolute Gasteiger partial charge is 0.295 e. The number of likely N-dealkylation sites (N-methyl/N-ethyl adjacent to an activating group) is 1. The number of hydrogen-bond donors (Lipinski definition) is 1. The molecule has 1 amide bonds. The zero-order chi connectivity index (χ0) is 18.9. The van der Waals surface area contributed by atoms with Crippen molar-refractivity contribution in [2.45, 2.75) is 4.90 Å². The van der Waals surface area contributed by atoms with E-state index in [-0.39, 0.29) is 16.6 Å². The summed E-state index contributed by atoms with van der Waals surface area (Å²) in [5.74, 6) is -0.0199. The molecule has 2 aromatic heterocycles. The van der Waals surface area contributed by atoms with Crippen LogP contribution in [0.4, 0.5) is 5.13 Å². The number of benzene rings is 1. The van der Waals surface area contributed by atoms with Gasteiger partial charge < -0.3 is 9.32 Å². The van der Waals surface area contributed by atoms with Gasteiger partial charge in [-0.05, 0) is 30.3 Å². The van der Waals surface area contributed by atoms with E-state index in [0.717, 1.165) is 11.2 Å². The van der Waals surface area contributed by atoms with Crippen molar-refractivity contribution < 1.29 is 22.5 Å². The Morgan fingerprint density at radius 1 is 1.31 bits per heavy atom. The van der Waals surface area contributed by atoms with Crippen LogP contribution in [0.1, 0.15) is 10.6 Å². The van der Waals surface area contributed by atoms with Gasteiger partial charge in [-0.25, -0.2) is 13.4 Å². The molecule has 0 aliphatic heterocycles. The zero-order valence-corrected chi connectivity index (χ0v) is 16.4. The number of anilines is 1. The normalized spacial score (nSPS) is 12.0. The standard InChI is InChI=1S/C17H19N3O4S2/c1-19(2)8-9-20(16(21)14-5-4-10-24-14)17-18-13-7-6-12(26(3,22)23)11-15(13)25-17/h4-7,10-11H,8-9H2,1-3H3/p+1. The Balaban J connectivity index is 2.01. The number of hydrogen-bond acceptors (Lipinski definition) is 6. The minimum absolute atomic E-state index is 0.238. The maximum atomic E-state index is 12.8. The lowest BCUT2D eigenvalue weighted by molar-refractivity contribution is -0.856. The van der Waals surface area contributed by atoms with Gasteiger partial charge in [-0.15, -0.1) is 0 Å². The second kappa shape index (κ2) is 7.18. The van der Waals surface area contributed by atoms with Gasteiger partial charge in [0.2, 0.25) is 0 Å². The molecule has 138 valence electrons. The number of thiazole rings is 1. The van der Waals surface area contributed by atoms with E-state index in [4.69, 9.17) is 4.42 Å². The summed E-state index contributed by atoms with van der Waals surface area (Å²) in [5.41, 5.74) is 0.659. The molecule has 0 radical (unpaired) electrons. The van der Waals surface area contributed by atoms with E-state index in [0.29, 0.717) is 17.2 Å². The van der Waals surface area contributed by atoms with Crippen LogP contribution in [-0.2, 0) is 9.84 Å². The Labute approximate surface area is 155 Å². The number of quaternary nitrogens is 1. The van der Waals surface area contributed by atoms with Gasteiger partial charge >= 0.3 is 0 Å². The zero-order valence-electron chi connectivity index (χ0n) is 14.7. The van der Waals surface area contributed by atoms with Crippen molar-refractivity contribution in [3.63, 3.8) is 0 Å². The van der Waals surface area contributed by atoms with E-state index < -0.39 is 9.84 Å². The summed E-state index contributed by atoms with van der Waals surface area (Å²) in [5, 5.41) is 0.522. The molecule has 1 aromatic carbocycles. The first-order chi connectivity index (χ1) is 12.3. The number of aromatic nitrogens is 1. The van der Waals surface area contributed by atoms with E-state index in [1.807, 2.05) is 14.1 Å². The highest BCUT2D eigenvalue weighted by Gasteiger charge is 2.24. The fraction of sp³-hybridized carbons (Fsp3) is 0.294.